The molecule has 11 nitrogen and oxygen atoms in total. The first-order valence-corrected chi connectivity index (χ1v) is 12.8. The van der Waals surface area contributed by atoms with Crippen molar-refractivity contribution in [1.29, 1.82) is 0 Å². The molecule has 0 bridgehead atoms. The highest BCUT2D eigenvalue weighted by molar-refractivity contribution is 7.92. The maximum absolute atomic E-state index is 12.4. The molecule has 0 aromatic heterocycles. The lowest BCUT2D eigenvalue weighted by Crippen LogP contribution is -2.39. The minimum atomic E-state index is -4.47. The van der Waals surface area contributed by atoms with Gasteiger partial charge in [0, 0.05) is 18.4 Å². The van der Waals surface area contributed by atoms with Gasteiger partial charge in [0.2, 0.25) is 5.91 Å². The van der Waals surface area contributed by atoms with E-state index in [1.165, 1.54) is 0 Å². The zero-order valence-electron chi connectivity index (χ0n) is 14.0. The molecule has 0 aliphatic carbocycles. The maximum atomic E-state index is 12.4. The zero-order chi connectivity index (χ0) is 20.6. The van der Waals surface area contributed by atoms with Crippen molar-refractivity contribution < 1.29 is 35.0 Å². The molecule has 27 heavy (non-hydrogen) atoms. The Kier molecular flexibility index (Phi) is 5.64. The number of hydrogen-bond donors (Lipinski definition) is 1. The van der Waals surface area contributed by atoms with Gasteiger partial charge >= 0.3 is 0 Å². The van der Waals surface area contributed by atoms with Gasteiger partial charge in [-0.3, -0.25) is 14.9 Å². The zero-order valence-corrected chi connectivity index (χ0v) is 16.4. The Balaban J connectivity index is 2.28. The summed E-state index contributed by atoms with van der Waals surface area (Å²) < 4.78 is 70.5. The Morgan fingerprint density at radius 2 is 1.93 bits per heavy atom. The molecule has 1 aromatic rings. The van der Waals surface area contributed by atoms with Crippen LogP contribution in [0.4, 0.5) is 5.69 Å². The van der Waals surface area contributed by atoms with Crippen LogP contribution in [0.5, 0.6) is 0 Å². The average Bonchev–Trinajstić information content (AvgIpc) is 2.83. The number of rotatable bonds is 6. The second-order valence-electron chi connectivity index (χ2n) is 6.09. The van der Waals surface area contributed by atoms with E-state index >= 15 is 0 Å². The molecule has 14 heteroatoms. The first-order chi connectivity index (χ1) is 12.2. The molecule has 0 radical (unpaired) electrons. The number of hydrogen-bond acceptors (Lipinski definition) is 9. The first-order valence-electron chi connectivity index (χ1n) is 7.42. The number of sulfone groups is 3. The first kappa shape index (κ1) is 21.2. The predicted molar refractivity (Wildman–Crippen MR) is 93.5 cm³/mol. The molecule has 150 valence electrons. The van der Waals surface area contributed by atoms with Crippen LogP contribution < -0.4 is 5.32 Å². The van der Waals surface area contributed by atoms with Gasteiger partial charge < -0.3 is 5.32 Å². The van der Waals surface area contributed by atoms with Gasteiger partial charge in [0.05, 0.1) is 21.3 Å². The Morgan fingerprint density at radius 3 is 2.41 bits per heavy atom. The van der Waals surface area contributed by atoms with Gasteiger partial charge in [-0.2, -0.15) is 0 Å². The topological polar surface area (TPSA) is 175 Å². The Bertz CT molecular complexity index is 1110. The van der Waals surface area contributed by atoms with Crippen molar-refractivity contribution in [2.24, 2.45) is 0 Å². The van der Waals surface area contributed by atoms with E-state index in [1.54, 1.807) is 0 Å². The van der Waals surface area contributed by atoms with Crippen molar-refractivity contribution in [1.82, 2.24) is 5.32 Å². The van der Waals surface area contributed by atoms with E-state index in [1.807, 2.05) is 0 Å². The summed E-state index contributed by atoms with van der Waals surface area (Å²) in [6, 6.07) is 1.55. The number of nitrogens with one attached hydrogen (secondary N) is 1. The van der Waals surface area contributed by atoms with Gasteiger partial charge in [-0.15, -0.1) is 0 Å². The van der Waals surface area contributed by atoms with Crippen LogP contribution in [-0.4, -0.2) is 65.6 Å². The third kappa shape index (κ3) is 5.23. The number of amides is 1. The summed E-state index contributed by atoms with van der Waals surface area (Å²) >= 11 is 0. The molecule has 1 aromatic carbocycles. The van der Waals surface area contributed by atoms with E-state index in [4.69, 9.17) is 0 Å². The summed E-state index contributed by atoms with van der Waals surface area (Å²) in [6.07, 6.45) is 0.959. The van der Waals surface area contributed by atoms with Crippen LogP contribution >= 0.6 is 0 Å². The number of carbonyl (C=O) groups is 1. The van der Waals surface area contributed by atoms with Gasteiger partial charge in [0.15, 0.2) is 29.5 Å². The summed E-state index contributed by atoms with van der Waals surface area (Å²) in [5.41, 5.74) is -0.964. The van der Waals surface area contributed by atoms with Crippen molar-refractivity contribution in [2.45, 2.75) is 22.3 Å². The Labute approximate surface area is 155 Å². The molecule has 1 heterocycles. The molecule has 0 saturated carbocycles. The predicted octanol–water partition coefficient (Wildman–Crippen LogP) is -0.925. The van der Waals surface area contributed by atoms with E-state index in [0.717, 1.165) is 18.4 Å². The van der Waals surface area contributed by atoms with Crippen molar-refractivity contribution in [3.8, 4) is 0 Å². The third-order valence-corrected chi connectivity index (χ3v) is 8.34. The third-order valence-electron chi connectivity index (χ3n) is 3.81. The summed E-state index contributed by atoms with van der Waals surface area (Å²) in [5, 5.41) is 13.4. The van der Waals surface area contributed by atoms with E-state index in [-0.39, 0.29) is 17.9 Å². The van der Waals surface area contributed by atoms with Gasteiger partial charge in [0.1, 0.15) is 10.6 Å². The van der Waals surface area contributed by atoms with Crippen LogP contribution in [0, 0.1) is 10.1 Å². The van der Waals surface area contributed by atoms with Crippen LogP contribution in [0.2, 0.25) is 0 Å². The molecular formula is C13H16N2O9S3. The fraction of sp³-hybridized carbons (Fsp3) is 0.462. The normalized spacial score (nSPS) is 19.5. The summed E-state index contributed by atoms with van der Waals surface area (Å²) in [5.74, 6) is -2.56. The SMILES string of the molecule is CS(=O)(=O)c1ccc(S(=O)(=O)CC(=O)NC2CCS(=O)(=O)C2)c([N+](=O)[O-])c1. The molecule has 1 saturated heterocycles. The largest absolute Gasteiger partial charge is 0.351 e. The second kappa shape index (κ2) is 7.16. The van der Waals surface area contributed by atoms with Crippen LogP contribution in [0.15, 0.2) is 28.0 Å². The number of benzene rings is 1. The van der Waals surface area contributed by atoms with E-state index in [9.17, 15) is 40.2 Å². The van der Waals surface area contributed by atoms with E-state index in [0.29, 0.717) is 6.07 Å². The molecule has 1 aliphatic heterocycles. The molecular weight excluding hydrogens is 424 g/mol. The van der Waals surface area contributed by atoms with Crippen LogP contribution in [-0.2, 0) is 34.3 Å². The monoisotopic (exact) mass is 440 g/mol. The van der Waals surface area contributed by atoms with Gasteiger partial charge in [-0.25, -0.2) is 25.3 Å². The summed E-state index contributed by atoms with van der Waals surface area (Å²) in [6.45, 7) is 0. The van der Waals surface area contributed by atoms with Gasteiger partial charge in [0.25, 0.3) is 5.69 Å². The van der Waals surface area contributed by atoms with Gasteiger partial charge in [-0.1, -0.05) is 0 Å². The second-order valence-corrected chi connectivity index (χ2v) is 12.3. The summed E-state index contributed by atoms with van der Waals surface area (Å²) in [7, 11) is -11.6. The summed E-state index contributed by atoms with van der Waals surface area (Å²) in [4.78, 5) is 20.8. The average molecular weight is 440 g/mol. The number of nitrogens with zero attached hydrogens (tertiary/aromatic N) is 1. The lowest BCUT2D eigenvalue weighted by atomic mass is 10.3. The van der Waals surface area contributed by atoms with Crippen molar-refractivity contribution >= 4 is 41.1 Å². The molecule has 2 rings (SSSR count). The Hall–Kier alpha value is -2.06. The van der Waals surface area contributed by atoms with Crippen LogP contribution in [0.3, 0.4) is 0 Å². The van der Waals surface area contributed by atoms with Crippen molar-refractivity contribution in [3.63, 3.8) is 0 Å². The molecule has 1 amide bonds. The van der Waals surface area contributed by atoms with E-state index in [2.05, 4.69) is 5.32 Å². The number of nitro groups is 1. The minimum Gasteiger partial charge on any atom is -0.351 e. The highest BCUT2D eigenvalue weighted by atomic mass is 32.2. The number of carbonyl (C=O) groups excluding carboxylic acids is 1. The highest BCUT2D eigenvalue weighted by Crippen LogP contribution is 2.28. The maximum Gasteiger partial charge on any atom is 0.289 e. The minimum absolute atomic E-state index is 0.122. The molecule has 1 N–H and O–H groups in total. The molecule has 1 fully saturated rings. The van der Waals surface area contributed by atoms with Crippen molar-refractivity contribution in [2.75, 3.05) is 23.5 Å². The fourth-order valence-electron chi connectivity index (χ4n) is 2.56. The van der Waals surface area contributed by atoms with E-state index < -0.39 is 67.6 Å². The Morgan fingerprint density at radius 1 is 1.30 bits per heavy atom. The lowest BCUT2D eigenvalue weighted by molar-refractivity contribution is -0.388. The lowest BCUT2D eigenvalue weighted by Gasteiger charge is -2.11. The molecule has 1 unspecified atom stereocenters. The smallest absolute Gasteiger partial charge is 0.289 e. The van der Waals surface area contributed by atoms with Crippen molar-refractivity contribution in [3.05, 3.63) is 28.3 Å². The standard InChI is InChI=1S/C13H16N2O9S3/c1-25(19,20)10-2-3-12(11(6-10)15(17)18)27(23,24)8-13(16)14-9-4-5-26(21,22)7-9/h2-3,6,9H,4-5,7-8H2,1H3,(H,14,16). The van der Waals surface area contributed by atoms with Crippen LogP contribution in [0.25, 0.3) is 0 Å². The molecule has 1 atom stereocenters. The quantitative estimate of drug-likeness (QED) is 0.433. The number of nitro benzene ring substituents is 1. The molecule has 1 aliphatic rings. The van der Waals surface area contributed by atoms with Crippen LogP contribution in [0.1, 0.15) is 6.42 Å². The van der Waals surface area contributed by atoms with Gasteiger partial charge in [-0.05, 0) is 18.6 Å². The fourth-order valence-corrected chi connectivity index (χ4v) is 6.19. The molecule has 0 spiro atoms. The highest BCUT2D eigenvalue weighted by Gasteiger charge is 2.33.